The van der Waals surface area contributed by atoms with Crippen molar-refractivity contribution in [1.29, 1.82) is 0 Å². The fourth-order valence-electron chi connectivity index (χ4n) is 9.26. The van der Waals surface area contributed by atoms with Crippen LogP contribution in [0.5, 0.6) is 0 Å². The van der Waals surface area contributed by atoms with Crippen molar-refractivity contribution in [2.24, 2.45) is 23.2 Å². The van der Waals surface area contributed by atoms with E-state index in [1.807, 2.05) is 223 Å². The van der Waals surface area contributed by atoms with Gasteiger partial charge in [0.2, 0.25) is 26.6 Å². The van der Waals surface area contributed by atoms with Crippen LogP contribution < -0.4 is 63.5 Å². The number of carboxylic acid groups (broad SMARTS) is 2. The number of carbonyl (C=O) groups is 7. The number of carboxylic acids is 2. The quantitative estimate of drug-likeness (QED) is 0.00345. The van der Waals surface area contributed by atoms with Crippen LogP contribution >= 0.6 is 95.0 Å². The van der Waals surface area contributed by atoms with Crippen LogP contribution in [0.15, 0.2) is 292 Å². The SMILES string of the molecule is CCOC(=O)CSc1n[nH]c(-c2ccc(-c3ccccc3)o2)n1.NC(=S)NCC(=O)c1ccc(-c2ccccc2)o1.NNC(N)=S.N[N-]O.O=C(Cl)C(=O)Cl.O=C(Cl)c1ccc(-c2ccccc2)o1.O=C(O)CSc1n[nH]c(-c2ccc(-c3ccccc3)o2)n1.O=C(O)c1ccc(-c2ccccc2)o1.S=c1nc(-c2ccc(-c3ccccc3)o2)[nH][nH]1.[Na+]. The first kappa shape index (κ1) is 98.3. The Morgan fingerprint density at radius 2 is 0.770 bits per heavy atom. The number of hydrazine groups is 1. The van der Waals surface area contributed by atoms with E-state index < -0.39 is 27.7 Å². The van der Waals surface area contributed by atoms with E-state index in [-0.39, 0.29) is 86.9 Å². The van der Waals surface area contributed by atoms with E-state index in [2.05, 4.69) is 110 Å². The van der Waals surface area contributed by atoms with E-state index in [9.17, 15) is 33.6 Å². The number of halogens is 3. The largest absolute Gasteiger partial charge is 1.00 e. The van der Waals surface area contributed by atoms with Gasteiger partial charge in [-0.1, -0.05) is 206 Å². The predicted octanol–water partition coefficient (Wildman–Crippen LogP) is 13.5. The molecule has 0 saturated heterocycles. The van der Waals surface area contributed by atoms with Crippen LogP contribution in [-0.4, -0.2) is 135 Å². The summed E-state index contributed by atoms with van der Waals surface area (Å²) in [5.74, 6) is 14.4. The van der Waals surface area contributed by atoms with Crippen molar-refractivity contribution in [3.8, 4) is 103 Å². The number of benzene rings is 6. The van der Waals surface area contributed by atoms with Gasteiger partial charge in [0.1, 0.15) is 34.6 Å². The van der Waals surface area contributed by atoms with Crippen LogP contribution in [0.3, 0.4) is 0 Å². The molecule has 0 fully saturated rings. The molecule has 6 aromatic carbocycles. The predicted molar refractivity (Wildman–Crippen MR) is 466 cm³/mol. The molecule has 0 bridgehead atoms. The molecule has 9 heterocycles. The number of thioether (sulfide) groups is 2. The molecule has 17 N–H and O–H groups in total. The topological polar surface area (TPSA) is 538 Å². The summed E-state index contributed by atoms with van der Waals surface area (Å²) in [6.45, 7) is 2.18. The molecular formula is C80H70Cl3N16NaO17S5. The summed E-state index contributed by atoms with van der Waals surface area (Å²) in [7, 11) is 0. The number of H-pyrrole nitrogens is 4. The molecule has 0 atom stereocenters. The average molecular weight is 1820 g/mol. The van der Waals surface area contributed by atoms with Crippen molar-refractivity contribution in [3.63, 3.8) is 0 Å². The van der Waals surface area contributed by atoms with Crippen LogP contribution in [0.4, 0.5) is 0 Å². The molecule has 122 heavy (non-hydrogen) atoms. The smallest absolute Gasteiger partial charge is 0.488 e. The molecule has 624 valence electrons. The molecule has 0 unspecified atom stereocenters. The van der Waals surface area contributed by atoms with E-state index >= 15 is 0 Å². The molecule has 0 saturated carbocycles. The zero-order valence-corrected chi connectivity index (χ0v) is 72.2. The Labute approximate surface area is 754 Å². The van der Waals surface area contributed by atoms with Crippen molar-refractivity contribution in [2.45, 2.75) is 17.2 Å². The molecule has 0 amide bonds. The number of aromatic amines is 4. The maximum Gasteiger partial charge on any atom is 1.00 e. The van der Waals surface area contributed by atoms with Gasteiger partial charge >= 0.3 is 58.0 Å². The third-order valence-electron chi connectivity index (χ3n) is 14.5. The summed E-state index contributed by atoms with van der Waals surface area (Å²) in [6.07, 6.45) is 0. The number of rotatable bonds is 22. The minimum absolute atomic E-state index is 0. The Morgan fingerprint density at radius 3 is 1.07 bits per heavy atom. The van der Waals surface area contributed by atoms with E-state index in [1.54, 1.807) is 43.3 Å². The Balaban J connectivity index is 0.000000221. The number of thiocarbonyl (C=S) groups is 2. The van der Waals surface area contributed by atoms with Gasteiger partial charge in [0.05, 0.1) is 24.7 Å². The number of nitrogens with one attached hydrogen (secondary N) is 6. The standard InChI is InChI=1S/C16H15N3O3S.C14H11N3O3S.C13H12N2O2S.C12H9N3OS.C11H7ClO2.C11H8O3.C2Cl2O2.CH5N3S.H3N2O.Na/c1-2-21-14(20)10-23-16-17-15(18-19-16)13-9-8-12(22-13)11-6-4-3-5-7-11;18-12(19)8-21-14-15-13(16-17-14)11-7-6-10(20-11)9-4-2-1-3-5-9;14-13(18)15-8-10(16)12-7-6-11(17-12)9-4-2-1-3-5-9;17-12-13-11(14-15-12)10-7-6-9(16-10)8-4-2-1-3-5-8;2*12-11(13)10-7-6-9(14-10)8-4-2-1-3-5-8;3-1(5)2(4)6;2-1(5)4-3;1-2-3;/h3-9H,2,10H2,1H3,(H,17,18,19);1-7H,8H2,(H,18,19)(H,15,16,17);1-7H,8H2,(H3,14,15,18);1-7H,(H2,13,14,15,17);1-7H;1-7H,(H,12,13);;3H2,(H3,2,4,5);3H,1H2;/q;;;;;;;;-1;+1. The summed E-state index contributed by atoms with van der Waals surface area (Å²) >= 11 is 30.3. The minimum Gasteiger partial charge on any atom is -0.488 e. The summed E-state index contributed by atoms with van der Waals surface area (Å²) in [5, 5.41) is 44.2. The summed E-state index contributed by atoms with van der Waals surface area (Å²) in [6, 6.07) is 78.9. The van der Waals surface area contributed by atoms with Gasteiger partial charge in [0.15, 0.2) is 56.5 Å². The number of aliphatic carboxylic acids is 1. The summed E-state index contributed by atoms with van der Waals surface area (Å²) in [4.78, 5) is 86.3. The maximum atomic E-state index is 11.7. The van der Waals surface area contributed by atoms with Gasteiger partial charge in [0.25, 0.3) is 5.24 Å². The second-order valence-corrected chi connectivity index (χ2v) is 27.0. The van der Waals surface area contributed by atoms with Crippen LogP contribution in [0, 0.1) is 4.77 Å². The van der Waals surface area contributed by atoms with Gasteiger partial charge in [-0.25, -0.2) is 10.6 Å². The molecule has 0 radical (unpaired) electrons. The molecule has 33 nitrogen and oxygen atoms in total. The van der Waals surface area contributed by atoms with Crippen molar-refractivity contribution < 1.29 is 110 Å². The van der Waals surface area contributed by atoms with E-state index in [0.717, 1.165) is 62.4 Å². The van der Waals surface area contributed by atoms with Gasteiger partial charge in [-0.05, 0) is 151 Å². The molecule has 15 rings (SSSR count). The van der Waals surface area contributed by atoms with E-state index in [1.165, 1.54) is 17.8 Å². The van der Waals surface area contributed by atoms with Crippen LogP contribution in [0.2, 0.25) is 0 Å². The minimum atomic E-state index is -1.14. The Bertz CT molecular complexity index is 5720. The number of carbonyl (C=O) groups excluding carboxylic acids is 5. The number of hydrogen-bond donors (Lipinski definition) is 13. The monoisotopic (exact) mass is 1810 g/mol. The number of esters is 1. The van der Waals surface area contributed by atoms with Gasteiger partial charge in [-0.3, -0.25) is 49.2 Å². The number of nitrogens with two attached hydrogens (primary N) is 4. The molecule has 0 spiro atoms. The van der Waals surface area contributed by atoms with Gasteiger partial charge in [0, 0.05) is 33.4 Å². The average Bonchev–Trinajstić information content (AvgIpc) is 1.70. The second kappa shape index (κ2) is 53.2. The van der Waals surface area contributed by atoms with Crippen molar-refractivity contribution in [1.82, 2.24) is 56.3 Å². The molecule has 15 aromatic rings. The van der Waals surface area contributed by atoms with Crippen LogP contribution in [0.1, 0.15) is 38.6 Å². The first-order chi connectivity index (χ1) is 58.3. The molecule has 0 aliphatic heterocycles. The number of hydrogen-bond acceptors (Lipinski definition) is 27. The van der Waals surface area contributed by atoms with Crippen LogP contribution in [0.25, 0.3) is 108 Å². The zero-order valence-electron chi connectivity index (χ0n) is 63.8. The Morgan fingerprint density at radius 1 is 0.459 bits per heavy atom. The van der Waals surface area contributed by atoms with Crippen molar-refractivity contribution in [3.05, 3.63) is 282 Å². The summed E-state index contributed by atoms with van der Waals surface area (Å²) in [5.41, 5.74) is 19.8. The van der Waals surface area contributed by atoms with E-state index in [0.29, 0.717) is 73.7 Å². The van der Waals surface area contributed by atoms with Gasteiger partial charge in [-0.2, -0.15) is 15.0 Å². The number of ketones is 1. The second-order valence-electron chi connectivity index (χ2n) is 22.8. The Kier molecular flexibility index (Phi) is 42.9. The van der Waals surface area contributed by atoms with Crippen molar-refractivity contribution in [2.75, 3.05) is 24.7 Å². The van der Waals surface area contributed by atoms with E-state index in [4.69, 9.17) is 81.9 Å². The number of aromatic carboxylic acids is 1. The number of ether oxygens (including phenoxy) is 1. The van der Waals surface area contributed by atoms with Crippen LogP contribution in [-0.2, 0) is 23.9 Å². The first-order valence-electron chi connectivity index (χ1n) is 34.6. The fourth-order valence-corrected chi connectivity index (χ4v) is 10.7. The molecule has 0 aliphatic rings. The number of Topliss-reactive ketones (excluding diaryl/α,β-unsaturated/α-hetero) is 1. The fraction of sp³-hybridized carbons (Fsp3) is 0.0625. The Hall–Kier alpha value is -12.5. The zero-order chi connectivity index (χ0) is 87.4. The molecular weight excluding hydrogens is 1750 g/mol. The maximum absolute atomic E-state index is 11.7. The third kappa shape index (κ3) is 34.3. The molecule has 42 heteroatoms. The third-order valence-corrected chi connectivity index (χ3v) is 17.2. The number of furan rings is 6. The van der Waals surface area contributed by atoms with Gasteiger partial charge < -0.3 is 80.3 Å². The number of nitrogens with zero attached hydrogens (tertiary/aromatic N) is 6. The molecule has 0 aliphatic carbocycles. The summed E-state index contributed by atoms with van der Waals surface area (Å²) < 4.78 is 38.4. The number of aromatic nitrogens is 9. The van der Waals surface area contributed by atoms with Gasteiger partial charge in [-0.15, -0.1) is 10.2 Å². The van der Waals surface area contributed by atoms with Crippen molar-refractivity contribution >= 4 is 145 Å². The molecule has 9 aromatic heterocycles. The normalized spacial score (nSPS) is 9.89. The first-order valence-corrected chi connectivity index (χ1v) is 38.9.